The van der Waals surface area contributed by atoms with Crippen molar-refractivity contribution in [3.8, 4) is 0 Å². The Bertz CT molecular complexity index is 236. The molecule has 0 saturated heterocycles. The molecule has 1 fully saturated rings. The number of hydrogen-bond acceptors (Lipinski definition) is 2. The summed E-state index contributed by atoms with van der Waals surface area (Å²) in [5.41, 5.74) is -0.707. The Hall–Kier alpha value is -0.340. The van der Waals surface area contributed by atoms with Crippen LogP contribution in [0.15, 0.2) is 12.2 Å². The fraction of sp³-hybridized carbons (Fsp3) is 0.818. The van der Waals surface area contributed by atoms with Gasteiger partial charge in [0, 0.05) is 0 Å². The second kappa shape index (κ2) is 2.82. The lowest BCUT2D eigenvalue weighted by Gasteiger charge is -2.44. The molecule has 2 unspecified atom stereocenters. The molecule has 0 spiro atoms. The van der Waals surface area contributed by atoms with Crippen LogP contribution in [-0.4, -0.2) is 21.9 Å². The molecular formula is C11H18O2. The molecule has 13 heavy (non-hydrogen) atoms. The molecule has 2 aliphatic carbocycles. The van der Waals surface area contributed by atoms with Gasteiger partial charge in [0.15, 0.2) is 0 Å². The Kier molecular flexibility index (Phi) is 2.00. The molecule has 0 aliphatic heterocycles. The summed E-state index contributed by atoms with van der Waals surface area (Å²) in [7, 11) is 0. The highest BCUT2D eigenvalue weighted by Gasteiger charge is 2.45. The summed E-state index contributed by atoms with van der Waals surface area (Å²) < 4.78 is 0. The molecule has 0 aromatic rings. The van der Waals surface area contributed by atoms with Crippen molar-refractivity contribution in [2.24, 2.45) is 5.41 Å². The lowest BCUT2D eigenvalue weighted by atomic mass is 9.66. The van der Waals surface area contributed by atoms with Crippen LogP contribution in [0.3, 0.4) is 0 Å². The lowest BCUT2D eigenvalue weighted by Crippen LogP contribution is -2.45. The zero-order chi connectivity index (χ0) is 9.53. The molecule has 0 heterocycles. The van der Waals surface area contributed by atoms with Crippen LogP contribution < -0.4 is 0 Å². The van der Waals surface area contributed by atoms with Gasteiger partial charge in [0.2, 0.25) is 0 Å². The number of rotatable bonds is 0. The smallest absolute Gasteiger partial charge is 0.0834 e. The van der Waals surface area contributed by atoms with Crippen LogP contribution in [0.2, 0.25) is 0 Å². The van der Waals surface area contributed by atoms with Crippen molar-refractivity contribution in [1.29, 1.82) is 0 Å². The first-order valence-electron chi connectivity index (χ1n) is 5.12. The van der Waals surface area contributed by atoms with Crippen LogP contribution in [0, 0.1) is 5.41 Å². The minimum Gasteiger partial charge on any atom is -0.393 e. The minimum atomic E-state index is -0.634. The van der Waals surface area contributed by atoms with E-state index < -0.39 is 5.60 Å². The Labute approximate surface area is 79.3 Å². The van der Waals surface area contributed by atoms with Crippen LogP contribution in [0.25, 0.3) is 0 Å². The average molecular weight is 182 g/mol. The number of aliphatic hydroxyl groups is 2. The van der Waals surface area contributed by atoms with E-state index in [0.29, 0.717) is 6.42 Å². The Morgan fingerprint density at radius 3 is 2.92 bits per heavy atom. The second-order valence-corrected chi connectivity index (χ2v) is 4.93. The zero-order valence-electron chi connectivity index (χ0n) is 8.16. The predicted octanol–water partition coefficient (Wildman–Crippen LogP) is 1.62. The maximum atomic E-state index is 10.2. The van der Waals surface area contributed by atoms with Gasteiger partial charge in [0.1, 0.15) is 0 Å². The summed E-state index contributed by atoms with van der Waals surface area (Å²) in [6, 6.07) is 0. The van der Waals surface area contributed by atoms with Crippen molar-refractivity contribution in [3.05, 3.63) is 12.2 Å². The highest BCUT2D eigenvalue weighted by Crippen LogP contribution is 2.46. The van der Waals surface area contributed by atoms with E-state index in [9.17, 15) is 10.2 Å². The maximum Gasteiger partial charge on any atom is 0.0834 e. The van der Waals surface area contributed by atoms with E-state index in [2.05, 4.69) is 13.0 Å². The van der Waals surface area contributed by atoms with E-state index >= 15 is 0 Å². The number of fused-ring (bicyclic) bond motifs is 2. The molecule has 2 bridgehead atoms. The molecular weight excluding hydrogens is 164 g/mol. The van der Waals surface area contributed by atoms with E-state index in [1.165, 1.54) is 0 Å². The topological polar surface area (TPSA) is 40.5 Å². The molecule has 2 N–H and O–H groups in total. The molecule has 0 amide bonds. The van der Waals surface area contributed by atoms with Gasteiger partial charge in [-0.05, 0) is 37.5 Å². The molecule has 0 aromatic carbocycles. The molecule has 2 heteroatoms. The van der Waals surface area contributed by atoms with Gasteiger partial charge in [0.05, 0.1) is 11.7 Å². The van der Waals surface area contributed by atoms with Crippen LogP contribution in [0.1, 0.15) is 39.0 Å². The summed E-state index contributed by atoms with van der Waals surface area (Å²) >= 11 is 0. The maximum absolute atomic E-state index is 10.2. The van der Waals surface area contributed by atoms with Gasteiger partial charge < -0.3 is 10.2 Å². The third kappa shape index (κ3) is 1.53. The number of hydrogen-bond donors (Lipinski definition) is 2. The van der Waals surface area contributed by atoms with Crippen LogP contribution in [0.5, 0.6) is 0 Å². The average Bonchev–Trinajstić information content (AvgIpc) is 2.19. The summed E-state index contributed by atoms with van der Waals surface area (Å²) in [5.74, 6) is 0. The third-order valence-electron chi connectivity index (χ3n) is 3.68. The van der Waals surface area contributed by atoms with Crippen molar-refractivity contribution in [3.63, 3.8) is 0 Å². The van der Waals surface area contributed by atoms with Gasteiger partial charge in [0.25, 0.3) is 0 Å². The minimum absolute atomic E-state index is 0.0729. The van der Waals surface area contributed by atoms with Crippen molar-refractivity contribution >= 4 is 0 Å². The lowest BCUT2D eigenvalue weighted by molar-refractivity contribution is -0.0814. The largest absolute Gasteiger partial charge is 0.393 e. The quantitative estimate of drug-likeness (QED) is 0.559. The molecule has 74 valence electrons. The Morgan fingerprint density at radius 2 is 2.15 bits per heavy atom. The number of allylic oxidation sites excluding steroid dienone is 1. The Balaban J connectivity index is 2.28. The molecule has 1 saturated carbocycles. The highest BCUT2D eigenvalue weighted by molar-refractivity contribution is 5.11. The fourth-order valence-corrected chi connectivity index (χ4v) is 2.75. The molecule has 2 nitrogen and oxygen atoms in total. The summed E-state index contributed by atoms with van der Waals surface area (Å²) in [4.78, 5) is 0. The summed E-state index contributed by atoms with van der Waals surface area (Å²) in [6.07, 6.45) is 7.90. The Morgan fingerprint density at radius 1 is 1.38 bits per heavy atom. The normalized spacial score (nSPS) is 50.2. The molecule has 0 radical (unpaired) electrons. The SMILES string of the molecule is C[C@@]12CCC=CC(O)(CCC1O)C2. The fourth-order valence-electron chi connectivity index (χ4n) is 2.75. The summed E-state index contributed by atoms with van der Waals surface area (Å²) in [6.45, 7) is 2.09. The first kappa shape index (κ1) is 9.22. The molecule has 3 atom stereocenters. The van der Waals surface area contributed by atoms with Gasteiger partial charge in [-0.25, -0.2) is 0 Å². The van der Waals surface area contributed by atoms with E-state index in [4.69, 9.17) is 0 Å². The monoisotopic (exact) mass is 182 g/mol. The van der Waals surface area contributed by atoms with Crippen molar-refractivity contribution in [1.82, 2.24) is 0 Å². The van der Waals surface area contributed by atoms with Gasteiger partial charge in [-0.2, -0.15) is 0 Å². The highest BCUT2D eigenvalue weighted by atomic mass is 16.3. The summed E-state index contributed by atoms with van der Waals surface area (Å²) in [5, 5.41) is 20.0. The van der Waals surface area contributed by atoms with Crippen LogP contribution in [0.4, 0.5) is 0 Å². The van der Waals surface area contributed by atoms with E-state index in [1.54, 1.807) is 0 Å². The van der Waals surface area contributed by atoms with E-state index in [0.717, 1.165) is 25.7 Å². The van der Waals surface area contributed by atoms with E-state index in [-0.39, 0.29) is 11.5 Å². The third-order valence-corrected chi connectivity index (χ3v) is 3.68. The van der Waals surface area contributed by atoms with Crippen molar-refractivity contribution in [2.45, 2.75) is 50.7 Å². The van der Waals surface area contributed by atoms with Crippen LogP contribution in [-0.2, 0) is 0 Å². The number of aliphatic hydroxyl groups excluding tert-OH is 1. The second-order valence-electron chi connectivity index (χ2n) is 4.93. The van der Waals surface area contributed by atoms with E-state index in [1.807, 2.05) is 6.08 Å². The predicted molar refractivity (Wildman–Crippen MR) is 51.3 cm³/mol. The van der Waals surface area contributed by atoms with Gasteiger partial charge in [-0.15, -0.1) is 0 Å². The standard InChI is InChI=1S/C11H18O2/c1-10-5-2-3-6-11(13,8-10)7-4-9(10)12/h3,6,9,12-13H,2,4-5,7-8H2,1H3/t9?,10-,11?/m0/s1. The van der Waals surface area contributed by atoms with Crippen molar-refractivity contribution in [2.75, 3.05) is 0 Å². The first-order valence-corrected chi connectivity index (χ1v) is 5.12. The van der Waals surface area contributed by atoms with Gasteiger partial charge in [-0.3, -0.25) is 0 Å². The van der Waals surface area contributed by atoms with Crippen LogP contribution >= 0.6 is 0 Å². The molecule has 2 rings (SSSR count). The molecule has 0 aromatic heterocycles. The van der Waals surface area contributed by atoms with Crippen molar-refractivity contribution < 1.29 is 10.2 Å². The first-order chi connectivity index (χ1) is 6.04. The zero-order valence-corrected chi connectivity index (χ0v) is 8.16. The van der Waals surface area contributed by atoms with Gasteiger partial charge in [-0.1, -0.05) is 19.1 Å². The van der Waals surface area contributed by atoms with Gasteiger partial charge >= 0.3 is 0 Å². The molecule has 2 aliphatic rings.